The third-order valence-electron chi connectivity index (χ3n) is 3.81. The molecule has 2 N–H and O–H groups in total. The van der Waals surface area contributed by atoms with Crippen molar-refractivity contribution in [3.63, 3.8) is 0 Å². The number of likely N-dealkylation sites (tertiary alicyclic amines) is 1. The van der Waals surface area contributed by atoms with Gasteiger partial charge in [-0.25, -0.2) is 0 Å². The van der Waals surface area contributed by atoms with Crippen LogP contribution in [0.15, 0.2) is 0 Å². The Morgan fingerprint density at radius 2 is 2.29 bits per heavy atom. The molecule has 0 aromatic carbocycles. The van der Waals surface area contributed by atoms with Crippen LogP contribution in [0.25, 0.3) is 0 Å². The van der Waals surface area contributed by atoms with Crippen molar-refractivity contribution >= 4 is 11.8 Å². The fourth-order valence-corrected chi connectivity index (χ4v) is 3.24. The lowest BCUT2D eigenvalue weighted by atomic mass is 9.94. The van der Waals surface area contributed by atoms with Crippen LogP contribution in [0.5, 0.6) is 0 Å². The Balaban J connectivity index is 2.40. The van der Waals surface area contributed by atoms with Crippen molar-refractivity contribution in [2.24, 2.45) is 11.7 Å². The van der Waals surface area contributed by atoms with Gasteiger partial charge in [-0.1, -0.05) is 13.8 Å². The van der Waals surface area contributed by atoms with E-state index in [9.17, 15) is 0 Å². The molecule has 1 aliphatic heterocycles. The third kappa shape index (κ3) is 4.78. The number of hydrogen-bond donors (Lipinski definition) is 1. The molecule has 3 nitrogen and oxygen atoms in total. The van der Waals surface area contributed by atoms with E-state index in [4.69, 9.17) is 10.5 Å². The van der Waals surface area contributed by atoms with Crippen molar-refractivity contribution in [2.45, 2.75) is 38.8 Å². The molecule has 0 aromatic rings. The van der Waals surface area contributed by atoms with E-state index in [2.05, 4.69) is 18.7 Å². The molecule has 1 saturated heterocycles. The van der Waals surface area contributed by atoms with E-state index in [-0.39, 0.29) is 0 Å². The van der Waals surface area contributed by atoms with Crippen molar-refractivity contribution in [3.8, 4) is 0 Å². The molecule has 0 spiro atoms. The van der Waals surface area contributed by atoms with Crippen LogP contribution in [0.2, 0.25) is 0 Å². The van der Waals surface area contributed by atoms with E-state index in [0.717, 1.165) is 13.1 Å². The first-order valence-corrected chi connectivity index (χ1v) is 7.93. The molecule has 3 atom stereocenters. The number of rotatable bonds is 7. The highest BCUT2D eigenvalue weighted by Gasteiger charge is 2.29. The maximum atomic E-state index is 5.92. The number of piperidine rings is 1. The summed E-state index contributed by atoms with van der Waals surface area (Å²) in [5.74, 6) is 3.11. The Morgan fingerprint density at radius 1 is 1.53 bits per heavy atom. The smallest absolute Gasteiger partial charge is 0.0724 e. The van der Waals surface area contributed by atoms with E-state index in [1.165, 1.54) is 30.9 Å². The number of methoxy groups -OCH3 is 1. The summed E-state index contributed by atoms with van der Waals surface area (Å²) in [5.41, 5.74) is 5.92. The molecule has 4 heteroatoms. The van der Waals surface area contributed by atoms with Crippen LogP contribution in [0.4, 0.5) is 0 Å². The predicted molar refractivity (Wildman–Crippen MR) is 76.6 cm³/mol. The van der Waals surface area contributed by atoms with Gasteiger partial charge < -0.3 is 10.5 Å². The molecule has 0 aromatic heterocycles. The lowest BCUT2D eigenvalue weighted by Crippen LogP contribution is -2.51. The maximum Gasteiger partial charge on any atom is 0.0724 e. The largest absolute Gasteiger partial charge is 0.380 e. The van der Waals surface area contributed by atoms with Gasteiger partial charge in [0.25, 0.3) is 0 Å². The lowest BCUT2D eigenvalue weighted by molar-refractivity contribution is -0.0181. The van der Waals surface area contributed by atoms with Crippen molar-refractivity contribution in [3.05, 3.63) is 0 Å². The second-order valence-corrected chi connectivity index (χ2v) is 6.30. The van der Waals surface area contributed by atoms with Crippen molar-refractivity contribution < 1.29 is 4.74 Å². The quantitative estimate of drug-likeness (QED) is 0.709. The molecular weight excluding hydrogens is 232 g/mol. The molecule has 0 radical (unpaired) electrons. The Labute approximate surface area is 110 Å². The maximum absolute atomic E-state index is 5.92. The summed E-state index contributed by atoms with van der Waals surface area (Å²) >= 11 is 2.01. The minimum Gasteiger partial charge on any atom is -0.380 e. The Bertz CT molecular complexity index is 204. The van der Waals surface area contributed by atoms with Gasteiger partial charge in [0.05, 0.1) is 6.10 Å². The molecule has 1 fully saturated rings. The van der Waals surface area contributed by atoms with Crippen molar-refractivity contribution in [2.75, 3.05) is 38.2 Å². The molecule has 0 aliphatic carbocycles. The second-order valence-electron chi connectivity index (χ2n) is 4.91. The Hall–Kier alpha value is 0.230. The minimum atomic E-state index is 0.386. The average Bonchev–Trinajstić information content (AvgIpc) is 2.36. The zero-order valence-corrected chi connectivity index (χ0v) is 12.3. The van der Waals surface area contributed by atoms with Crippen LogP contribution in [-0.2, 0) is 4.74 Å². The third-order valence-corrected chi connectivity index (χ3v) is 4.74. The van der Waals surface area contributed by atoms with Crippen LogP contribution in [0.1, 0.15) is 26.7 Å². The van der Waals surface area contributed by atoms with E-state index in [1.807, 2.05) is 18.9 Å². The van der Waals surface area contributed by atoms with Gasteiger partial charge in [-0.2, -0.15) is 11.8 Å². The van der Waals surface area contributed by atoms with Gasteiger partial charge in [-0.15, -0.1) is 0 Å². The zero-order chi connectivity index (χ0) is 12.7. The summed E-state index contributed by atoms with van der Waals surface area (Å²) in [4.78, 5) is 2.53. The minimum absolute atomic E-state index is 0.386. The van der Waals surface area contributed by atoms with E-state index < -0.39 is 0 Å². The van der Waals surface area contributed by atoms with Crippen LogP contribution < -0.4 is 5.73 Å². The zero-order valence-electron chi connectivity index (χ0n) is 11.5. The molecule has 3 unspecified atom stereocenters. The van der Waals surface area contributed by atoms with Gasteiger partial charge in [0, 0.05) is 26.2 Å². The van der Waals surface area contributed by atoms with E-state index in [1.54, 1.807) is 0 Å². The summed E-state index contributed by atoms with van der Waals surface area (Å²) in [6.45, 7) is 7.51. The molecule has 1 heterocycles. The Morgan fingerprint density at radius 3 is 2.88 bits per heavy atom. The van der Waals surface area contributed by atoms with Crippen LogP contribution in [0, 0.1) is 5.92 Å². The molecule has 17 heavy (non-hydrogen) atoms. The van der Waals surface area contributed by atoms with E-state index in [0.29, 0.717) is 18.1 Å². The normalized spacial score (nSPS) is 28.2. The van der Waals surface area contributed by atoms with Crippen LogP contribution in [0.3, 0.4) is 0 Å². The number of nitrogens with zero attached hydrogens (tertiary/aromatic N) is 1. The van der Waals surface area contributed by atoms with E-state index >= 15 is 0 Å². The molecule has 0 bridgehead atoms. The topological polar surface area (TPSA) is 38.5 Å². The van der Waals surface area contributed by atoms with Gasteiger partial charge in [0.15, 0.2) is 0 Å². The molecular formula is C13H28N2OS. The fraction of sp³-hybridized carbons (Fsp3) is 1.00. The number of ether oxygens (including phenoxy) is 1. The molecule has 1 aliphatic rings. The SMILES string of the molecule is CCSCCC(CN)N1CCC(C)C(OC)C1. The highest BCUT2D eigenvalue weighted by Crippen LogP contribution is 2.22. The molecule has 1 rings (SSSR count). The van der Waals surface area contributed by atoms with Gasteiger partial charge in [0.2, 0.25) is 0 Å². The fourth-order valence-electron chi connectivity index (χ4n) is 2.51. The predicted octanol–water partition coefficient (Wildman–Crippen LogP) is 1.81. The van der Waals surface area contributed by atoms with Crippen molar-refractivity contribution in [1.29, 1.82) is 0 Å². The average molecular weight is 260 g/mol. The highest BCUT2D eigenvalue weighted by molar-refractivity contribution is 7.99. The van der Waals surface area contributed by atoms with Crippen molar-refractivity contribution in [1.82, 2.24) is 4.90 Å². The standard InChI is InChI=1S/C13H28N2OS/c1-4-17-8-6-12(9-14)15-7-5-11(2)13(10-15)16-3/h11-13H,4-10,14H2,1-3H3. The van der Waals surface area contributed by atoms with Gasteiger partial charge in [0.1, 0.15) is 0 Å². The summed E-state index contributed by atoms with van der Waals surface area (Å²) in [6, 6.07) is 0.541. The molecule has 0 amide bonds. The summed E-state index contributed by atoms with van der Waals surface area (Å²) < 4.78 is 5.57. The van der Waals surface area contributed by atoms with Crippen LogP contribution in [-0.4, -0.2) is 55.3 Å². The first-order valence-electron chi connectivity index (χ1n) is 6.77. The molecule has 102 valence electrons. The first kappa shape index (κ1) is 15.3. The number of hydrogen-bond acceptors (Lipinski definition) is 4. The first-order chi connectivity index (χ1) is 8.22. The lowest BCUT2D eigenvalue weighted by Gasteiger charge is -2.40. The summed E-state index contributed by atoms with van der Waals surface area (Å²) in [7, 11) is 1.83. The summed E-state index contributed by atoms with van der Waals surface area (Å²) in [6.07, 6.45) is 2.83. The van der Waals surface area contributed by atoms with Crippen LogP contribution >= 0.6 is 11.8 Å². The summed E-state index contributed by atoms with van der Waals surface area (Å²) in [5, 5.41) is 0. The van der Waals surface area contributed by atoms with Gasteiger partial charge in [-0.3, -0.25) is 4.90 Å². The number of nitrogens with two attached hydrogens (primary N) is 1. The highest BCUT2D eigenvalue weighted by atomic mass is 32.2. The van der Waals surface area contributed by atoms with Gasteiger partial charge in [-0.05, 0) is 36.8 Å². The number of thioether (sulfide) groups is 1. The van der Waals surface area contributed by atoms with Gasteiger partial charge >= 0.3 is 0 Å². The molecule has 0 saturated carbocycles. The monoisotopic (exact) mass is 260 g/mol. The second kappa shape index (κ2) is 8.35. The Kier molecular flexibility index (Phi) is 7.51.